The van der Waals surface area contributed by atoms with E-state index in [-0.39, 0.29) is 50.5 Å². The van der Waals surface area contributed by atoms with Crippen LogP contribution in [0.5, 0.6) is 0 Å². The van der Waals surface area contributed by atoms with Crippen molar-refractivity contribution in [2.45, 2.75) is 164 Å². The summed E-state index contributed by atoms with van der Waals surface area (Å²) in [6.45, 7) is 41.0. The Labute approximate surface area is 214 Å². The van der Waals surface area contributed by atoms with Gasteiger partial charge in [-0.1, -0.05) is 164 Å². The molecule has 0 saturated carbocycles. The largest absolute Gasteiger partial charge is 0.0683 e. The van der Waals surface area contributed by atoms with E-state index >= 15 is 0 Å². The van der Waals surface area contributed by atoms with Crippen LogP contribution < -0.4 is 0 Å². The molecule has 0 heterocycles. The monoisotopic (exact) mass is 423 g/mol. The van der Waals surface area contributed by atoms with E-state index in [4.69, 9.17) is 0 Å². The summed E-state index contributed by atoms with van der Waals surface area (Å²) in [7, 11) is 0. The zero-order chi connectivity index (χ0) is 22.8. The molecule has 0 aliphatic carbocycles. The van der Waals surface area contributed by atoms with Crippen LogP contribution in [0.2, 0.25) is 0 Å². The van der Waals surface area contributed by atoms with Gasteiger partial charge in [-0.2, -0.15) is 0 Å². The van der Waals surface area contributed by atoms with E-state index in [1.165, 1.54) is 25.7 Å². The molecular formula is C24H68B6. The lowest BCUT2D eigenvalue weighted by atomic mass is 10.6. The SMILES string of the molecule is CC.CC.CC.CC.CC.CC.CCC.CCC.CCC.CCC.[B].[B].[B].[B].[B].[B]. The Hall–Kier alpha value is 0.390. The fourth-order valence-corrected chi connectivity index (χ4v) is 0. The number of rotatable bonds is 0. The molecule has 0 rings (SSSR count). The quantitative estimate of drug-likeness (QED) is 0.341. The predicted molar refractivity (Wildman–Crippen MR) is 166 cm³/mol. The van der Waals surface area contributed by atoms with Crippen molar-refractivity contribution >= 4 is 50.5 Å². The second-order valence-electron chi connectivity index (χ2n) is 2.83. The summed E-state index contributed by atoms with van der Waals surface area (Å²) in [6, 6.07) is 0. The Kier molecular flexibility index (Phi) is 5190. The topological polar surface area (TPSA) is 0 Å². The van der Waals surface area contributed by atoms with Gasteiger partial charge in [0.25, 0.3) is 0 Å². The number of hydrogen-bond donors (Lipinski definition) is 0. The first kappa shape index (κ1) is 127. The summed E-state index contributed by atoms with van der Waals surface area (Å²) in [6.07, 6.45) is 5.00. The van der Waals surface area contributed by atoms with E-state index in [9.17, 15) is 0 Å². The highest BCUT2D eigenvalue weighted by molar-refractivity contribution is 5.76. The van der Waals surface area contributed by atoms with E-state index < -0.39 is 0 Å². The molecule has 0 spiro atoms. The van der Waals surface area contributed by atoms with Crippen LogP contribution in [0, 0.1) is 0 Å². The molecule has 0 aromatic carbocycles. The third-order valence-electron chi connectivity index (χ3n) is 0. The lowest BCUT2D eigenvalue weighted by Crippen LogP contribution is -1.27. The van der Waals surface area contributed by atoms with Gasteiger partial charge in [0.15, 0.2) is 0 Å². The Morgan fingerprint density at radius 2 is 0.200 bits per heavy atom. The van der Waals surface area contributed by atoms with E-state index in [2.05, 4.69) is 55.4 Å². The molecule has 0 nitrogen and oxygen atoms in total. The first-order valence-corrected chi connectivity index (χ1v) is 11.7. The predicted octanol–water partition coefficient (Wildman–Crippen LogP) is 9.54. The maximum absolute atomic E-state index is 2.12. The van der Waals surface area contributed by atoms with Crippen LogP contribution in [0.3, 0.4) is 0 Å². The van der Waals surface area contributed by atoms with Crippen molar-refractivity contribution in [2.24, 2.45) is 0 Å². The van der Waals surface area contributed by atoms with Crippen LogP contribution in [0.25, 0.3) is 0 Å². The minimum Gasteiger partial charge on any atom is -0.0683 e. The molecule has 0 aromatic rings. The molecular weight excluding hydrogens is 353 g/mol. The first-order valence-electron chi connectivity index (χ1n) is 11.7. The molecule has 0 aliphatic rings. The zero-order valence-corrected chi connectivity index (χ0v) is 26.3. The molecule has 6 heteroatoms. The van der Waals surface area contributed by atoms with Crippen molar-refractivity contribution < 1.29 is 0 Å². The van der Waals surface area contributed by atoms with Crippen LogP contribution in [0.1, 0.15) is 164 Å². The summed E-state index contributed by atoms with van der Waals surface area (Å²) < 4.78 is 0. The molecule has 0 N–H and O–H groups in total. The summed E-state index contributed by atoms with van der Waals surface area (Å²) in [5.74, 6) is 0. The van der Waals surface area contributed by atoms with E-state index in [1.807, 2.05) is 83.1 Å². The van der Waals surface area contributed by atoms with Crippen molar-refractivity contribution in [3.8, 4) is 0 Å². The lowest BCUT2D eigenvalue weighted by Gasteiger charge is -1.48. The average molecular weight is 422 g/mol. The number of hydrogen-bond acceptors (Lipinski definition) is 0. The second-order valence-corrected chi connectivity index (χ2v) is 2.83. The maximum Gasteiger partial charge on any atom is 0 e. The van der Waals surface area contributed by atoms with E-state index in [1.54, 1.807) is 0 Å². The first-order chi connectivity index (χ1) is 11.7. The fraction of sp³-hybridized carbons (Fsp3) is 1.00. The molecule has 182 valence electrons. The van der Waals surface area contributed by atoms with Gasteiger partial charge in [-0.3, -0.25) is 0 Å². The van der Waals surface area contributed by atoms with Gasteiger partial charge in [-0.15, -0.1) is 0 Å². The van der Waals surface area contributed by atoms with Crippen molar-refractivity contribution in [3.63, 3.8) is 0 Å². The van der Waals surface area contributed by atoms with Gasteiger partial charge in [-0.25, -0.2) is 0 Å². The van der Waals surface area contributed by atoms with Gasteiger partial charge in [-0.05, 0) is 0 Å². The summed E-state index contributed by atoms with van der Waals surface area (Å²) in [4.78, 5) is 0. The summed E-state index contributed by atoms with van der Waals surface area (Å²) in [5, 5.41) is 0. The zero-order valence-electron chi connectivity index (χ0n) is 26.3. The highest BCUT2D eigenvalue weighted by atomic mass is 13.4. The fourth-order valence-electron chi connectivity index (χ4n) is 0. The van der Waals surface area contributed by atoms with Crippen LogP contribution in [-0.4, -0.2) is 50.5 Å². The van der Waals surface area contributed by atoms with Crippen molar-refractivity contribution in [1.29, 1.82) is 0 Å². The van der Waals surface area contributed by atoms with E-state index in [0.717, 1.165) is 0 Å². The minimum absolute atomic E-state index is 0. The Morgan fingerprint density at radius 1 is 0.200 bits per heavy atom. The third kappa shape index (κ3) is 140000. The van der Waals surface area contributed by atoms with Crippen molar-refractivity contribution in [1.82, 2.24) is 0 Å². The van der Waals surface area contributed by atoms with Gasteiger partial charge in [0, 0.05) is 50.5 Å². The van der Waals surface area contributed by atoms with Crippen LogP contribution in [-0.2, 0) is 0 Å². The highest BCUT2D eigenvalue weighted by Crippen LogP contribution is 1.57. The van der Waals surface area contributed by atoms with Gasteiger partial charge in [0.1, 0.15) is 0 Å². The van der Waals surface area contributed by atoms with E-state index in [0.29, 0.717) is 0 Å². The molecule has 0 aromatic heterocycles. The van der Waals surface area contributed by atoms with Gasteiger partial charge in [0.05, 0.1) is 0 Å². The molecule has 18 radical (unpaired) electrons. The van der Waals surface area contributed by atoms with Gasteiger partial charge < -0.3 is 0 Å². The van der Waals surface area contributed by atoms with Crippen LogP contribution in [0.15, 0.2) is 0 Å². The minimum atomic E-state index is 0. The second kappa shape index (κ2) is 1230. The molecule has 0 bridgehead atoms. The Bertz CT molecular complexity index is 29.7. The normalized spacial score (nSPS) is 3.60. The van der Waals surface area contributed by atoms with Crippen LogP contribution >= 0.6 is 0 Å². The Balaban J connectivity index is -0.00000000511. The van der Waals surface area contributed by atoms with Crippen LogP contribution in [0.4, 0.5) is 0 Å². The van der Waals surface area contributed by atoms with Gasteiger partial charge in [0.2, 0.25) is 0 Å². The molecule has 0 amide bonds. The smallest absolute Gasteiger partial charge is 0 e. The van der Waals surface area contributed by atoms with Gasteiger partial charge >= 0.3 is 0 Å². The molecule has 30 heavy (non-hydrogen) atoms. The van der Waals surface area contributed by atoms with Crippen molar-refractivity contribution in [3.05, 3.63) is 0 Å². The molecule has 0 saturated heterocycles. The standard InChI is InChI=1S/4C3H8.6C2H6.6B/c4*1-3-2;6*1-2;;;;;;/h4*3H2,1-2H3;6*1-2H3;;;;;;. The van der Waals surface area contributed by atoms with Crippen molar-refractivity contribution in [2.75, 3.05) is 0 Å². The highest BCUT2D eigenvalue weighted by Gasteiger charge is 1.36. The molecule has 0 fully saturated rings. The third-order valence-corrected chi connectivity index (χ3v) is 0. The molecule has 0 atom stereocenters. The molecule has 0 aliphatic heterocycles. The summed E-state index contributed by atoms with van der Waals surface area (Å²) >= 11 is 0. The average Bonchev–Trinajstić information content (AvgIpc) is 2.67. The molecule has 0 unspecified atom stereocenters. The Morgan fingerprint density at radius 3 is 0.200 bits per heavy atom. The summed E-state index contributed by atoms with van der Waals surface area (Å²) in [5.41, 5.74) is 0. The lowest BCUT2D eigenvalue weighted by molar-refractivity contribution is 1.09. The maximum atomic E-state index is 2.12.